The summed E-state index contributed by atoms with van der Waals surface area (Å²) in [6.45, 7) is 2.03. The van der Waals surface area contributed by atoms with Gasteiger partial charge in [-0.3, -0.25) is 0 Å². The average molecular weight is 341 g/mol. The third-order valence-electron chi connectivity index (χ3n) is 3.92. The van der Waals surface area contributed by atoms with E-state index < -0.39 is 11.4 Å². The summed E-state index contributed by atoms with van der Waals surface area (Å²) in [4.78, 5) is 25.0. The van der Waals surface area contributed by atoms with Gasteiger partial charge in [-0.05, 0) is 36.2 Å². The highest BCUT2D eigenvalue weighted by Gasteiger charge is 2.18. The summed E-state index contributed by atoms with van der Waals surface area (Å²) in [5.41, 5.74) is 0.341. The number of methoxy groups -OCH3 is 1. The molecule has 2 aromatic carbocycles. The van der Waals surface area contributed by atoms with E-state index in [2.05, 4.69) is 5.10 Å². The highest BCUT2D eigenvalue weighted by atomic mass is 16.5. The standard InChI is InChI=1S/C18H19N3O4/c1-3-7-12-10-14(16(22)15(11-12)25-2)21-18(24)20(17(23)19-21)13-8-5-4-6-9-13/h4-6,8-11,22H,3,7H2,1-2H3,(H,19,23). The number of aryl methyl sites for hydroxylation is 1. The van der Waals surface area contributed by atoms with Crippen LogP contribution in [0.25, 0.3) is 11.4 Å². The Bertz CT molecular complexity index is 999. The number of H-pyrrole nitrogens is 1. The number of phenols is 1. The quantitative estimate of drug-likeness (QED) is 0.743. The number of hydrogen-bond acceptors (Lipinski definition) is 4. The molecule has 0 aliphatic heterocycles. The molecule has 0 fully saturated rings. The first-order chi connectivity index (χ1) is 12.1. The number of aromatic hydroxyl groups is 1. The van der Waals surface area contributed by atoms with E-state index in [1.54, 1.807) is 42.5 Å². The molecule has 130 valence electrons. The van der Waals surface area contributed by atoms with Crippen LogP contribution >= 0.6 is 0 Å². The summed E-state index contributed by atoms with van der Waals surface area (Å²) in [6.07, 6.45) is 1.64. The summed E-state index contributed by atoms with van der Waals surface area (Å²) >= 11 is 0. The van der Waals surface area contributed by atoms with Crippen molar-refractivity contribution in [1.29, 1.82) is 0 Å². The summed E-state index contributed by atoms with van der Waals surface area (Å²) in [6, 6.07) is 12.0. The van der Waals surface area contributed by atoms with Gasteiger partial charge in [-0.2, -0.15) is 4.68 Å². The van der Waals surface area contributed by atoms with Crippen LogP contribution in [0.3, 0.4) is 0 Å². The summed E-state index contributed by atoms with van der Waals surface area (Å²) in [5, 5.41) is 12.9. The van der Waals surface area contributed by atoms with Crippen LogP contribution in [0.4, 0.5) is 0 Å². The zero-order chi connectivity index (χ0) is 18.0. The predicted octanol–water partition coefficient (Wildman–Crippen LogP) is 1.98. The Kier molecular flexibility index (Phi) is 4.47. The van der Waals surface area contributed by atoms with Crippen LogP contribution in [0.15, 0.2) is 52.1 Å². The van der Waals surface area contributed by atoms with Gasteiger partial charge in [-0.25, -0.2) is 19.3 Å². The van der Waals surface area contributed by atoms with Gasteiger partial charge in [0.15, 0.2) is 11.5 Å². The van der Waals surface area contributed by atoms with Gasteiger partial charge in [0.25, 0.3) is 0 Å². The fraction of sp³-hybridized carbons (Fsp3) is 0.222. The molecule has 0 spiro atoms. The minimum atomic E-state index is -0.595. The molecule has 25 heavy (non-hydrogen) atoms. The van der Waals surface area contributed by atoms with Crippen molar-refractivity contribution in [3.63, 3.8) is 0 Å². The molecule has 0 unspecified atom stereocenters. The maximum Gasteiger partial charge on any atom is 0.356 e. The van der Waals surface area contributed by atoms with Crippen molar-refractivity contribution in [3.8, 4) is 22.9 Å². The molecule has 1 aromatic heterocycles. The number of ether oxygens (including phenoxy) is 1. The van der Waals surface area contributed by atoms with Gasteiger partial charge in [0.2, 0.25) is 0 Å². The number of aromatic nitrogens is 3. The molecule has 1 heterocycles. The Morgan fingerprint density at radius 2 is 1.88 bits per heavy atom. The Labute approximate surface area is 143 Å². The van der Waals surface area contributed by atoms with E-state index in [4.69, 9.17) is 4.74 Å². The van der Waals surface area contributed by atoms with Crippen LogP contribution < -0.4 is 16.1 Å². The monoisotopic (exact) mass is 341 g/mol. The Hall–Kier alpha value is -3.22. The zero-order valence-corrected chi connectivity index (χ0v) is 14.0. The maximum absolute atomic E-state index is 12.8. The Morgan fingerprint density at radius 3 is 2.52 bits per heavy atom. The fourth-order valence-electron chi connectivity index (χ4n) is 2.76. The lowest BCUT2D eigenvalue weighted by atomic mass is 10.1. The van der Waals surface area contributed by atoms with Gasteiger partial charge in [0, 0.05) is 0 Å². The van der Waals surface area contributed by atoms with Crippen molar-refractivity contribution in [2.24, 2.45) is 0 Å². The minimum absolute atomic E-state index is 0.180. The number of benzene rings is 2. The SMILES string of the molecule is CCCc1cc(OC)c(O)c(-n2[nH]c(=O)n(-c3ccccc3)c2=O)c1. The first kappa shape index (κ1) is 16.6. The molecule has 0 radical (unpaired) electrons. The lowest BCUT2D eigenvalue weighted by molar-refractivity contribution is 0.371. The third-order valence-corrected chi connectivity index (χ3v) is 3.92. The Balaban J connectivity index is 2.23. The van der Waals surface area contributed by atoms with Gasteiger partial charge in [0.1, 0.15) is 5.69 Å². The van der Waals surface area contributed by atoms with E-state index in [1.807, 2.05) is 6.92 Å². The molecule has 3 rings (SSSR count). The van der Waals surface area contributed by atoms with Crippen LogP contribution in [0.5, 0.6) is 11.5 Å². The molecule has 3 aromatic rings. The summed E-state index contributed by atoms with van der Waals surface area (Å²) < 4.78 is 7.24. The number of aromatic amines is 1. The molecule has 0 aliphatic rings. The minimum Gasteiger partial charge on any atom is -0.503 e. The van der Waals surface area contributed by atoms with Crippen LogP contribution in [0.1, 0.15) is 18.9 Å². The molecule has 7 nitrogen and oxygen atoms in total. The van der Waals surface area contributed by atoms with Crippen molar-refractivity contribution < 1.29 is 9.84 Å². The fourth-order valence-corrected chi connectivity index (χ4v) is 2.76. The van der Waals surface area contributed by atoms with Crippen molar-refractivity contribution >= 4 is 0 Å². The molecule has 0 amide bonds. The predicted molar refractivity (Wildman–Crippen MR) is 94.2 cm³/mol. The normalized spacial score (nSPS) is 10.8. The molecule has 7 heteroatoms. The topological polar surface area (TPSA) is 89.2 Å². The summed E-state index contributed by atoms with van der Waals surface area (Å²) in [5.74, 6) is 0.0482. The number of hydrogen-bond donors (Lipinski definition) is 2. The molecule has 0 aliphatic carbocycles. The van der Waals surface area contributed by atoms with E-state index in [0.717, 1.165) is 27.7 Å². The lowest BCUT2D eigenvalue weighted by Crippen LogP contribution is -2.26. The number of phenolic OH excluding ortho intramolecular Hbond substituents is 1. The van der Waals surface area contributed by atoms with E-state index >= 15 is 0 Å². The zero-order valence-electron chi connectivity index (χ0n) is 14.0. The maximum atomic E-state index is 12.8. The van der Waals surface area contributed by atoms with E-state index in [0.29, 0.717) is 5.69 Å². The number of nitrogens with one attached hydrogen (secondary N) is 1. The van der Waals surface area contributed by atoms with Crippen molar-refractivity contribution in [1.82, 2.24) is 14.3 Å². The van der Waals surface area contributed by atoms with Gasteiger partial charge < -0.3 is 9.84 Å². The van der Waals surface area contributed by atoms with Gasteiger partial charge in [-0.1, -0.05) is 31.5 Å². The molecule has 0 saturated carbocycles. The van der Waals surface area contributed by atoms with Gasteiger partial charge >= 0.3 is 11.4 Å². The van der Waals surface area contributed by atoms with Gasteiger partial charge in [-0.15, -0.1) is 0 Å². The second kappa shape index (κ2) is 6.72. The van der Waals surface area contributed by atoms with Gasteiger partial charge in [0.05, 0.1) is 12.8 Å². The van der Waals surface area contributed by atoms with Crippen molar-refractivity contribution in [3.05, 3.63) is 69.0 Å². The Morgan fingerprint density at radius 1 is 1.16 bits per heavy atom. The van der Waals surface area contributed by atoms with Crippen molar-refractivity contribution in [2.45, 2.75) is 19.8 Å². The van der Waals surface area contributed by atoms with Crippen LogP contribution in [0.2, 0.25) is 0 Å². The number of rotatable bonds is 5. The van der Waals surface area contributed by atoms with Crippen LogP contribution in [-0.4, -0.2) is 26.6 Å². The van der Waals surface area contributed by atoms with Crippen LogP contribution in [-0.2, 0) is 6.42 Å². The summed E-state index contributed by atoms with van der Waals surface area (Å²) in [7, 11) is 1.44. The van der Waals surface area contributed by atoms with Crippen LogP contribution in [0, 0.1) is 0 Å². The highest BCUT2D eigenvalue weighted by molar-refractivity contribution is 5.56. The highest BCUT2D eigenvalue weighted by Crippen LogP contribution is 2.33. The lowest BCUT2D eigenvalue weighted by Gasteiger charge is -2.11. The molecule has 0 saturated heterocycles. The first-order valence-corrected chi connectivity index (χ1v) is 7.96. The molecular formula is C18H19N3O4. The first-order valence-electron chi connectivity index (χ1n) is 7.96. The molecule has 2 N–H and O–H groups in total. The number of para-hydroxylation sites is 1. The largest absolute Gasteiger partial charge is 0.503 e. The molecular weight excluding hydrogens is 322 g/mol. The second-order valence-electron chi connectivity index (χ2n) is 5.62. The number of nitrogens with zero attached hydrogens (tertiary/aromatic N) is 2. The van der Waals surface area contributed by atoms with E-state index in [-0.39, 0.29) is 17.2 Å². The second-order valence-corrected chi connectivity index (χ2v) is 5.62. The molecule has 0 atom stereocenters. The average Bonchev–Trinajstić information content (AvgIpc) is 2.91. The smallest absolute Gasteiger partial charge is 0.356 e. The third kappa shape index (κ3) is 2.96. The van der Waals surface area contributed by atoms with E-state index in [1.165, 1.54) is 7.11 Å². The van der Waals surface area contributed by atoms with E-state index in [9.17, 15) is 14.7 Å². The van der Waals surface area contributed by atoms with Crippen molar-refractivity contribution in [2.75, 3.05) is 7.11 Å². The molecule has 0 bridgehead atoms.